The van der Waals surface area contributed by atoms with Crippen LogP contribution in [0, 0.1) is 11.3 Å². The van der Waals surface area contributed by atoms with Crippen molar-refractivity contribution in [2.75, 3.05) is 19.6 Å². The summed E-state index contributed by atoms with van der Waals surface area (Å²) in [5.41, 5.74) is 0.107. The third kappa shape index (κ3) is 3.71. The Morgan fingerprint density at radius 2 is 2.18 bits per heavy atom. The molecule has 1 aliphatic heterocycles. The molecule has 0 radical (unpaired) electrons. The predicted molar refractivity (Wildman–Crippen MR) is 80.9 cm³/mol. The second-order valence-electron chi connectivity index (χ2n) is 5.42. The Kier molecular flexibility index (Phi) is 5.50. The summed E-state index contributed by atoms with van der Waals surface area (Å²) in [6, 6.07) is 0. The zero-order valence-corrected chi connectivity index (χ0v) is 13.0. The fraction of sp³-hybridized carbons (Fsp3) is 0.917. The van der Waals surface area contributed by atoms with Crippen LogP contribution >= 0.6 is 24.0 Å². The first-order valence-electron chi connectivity index (χ1n) is 6.34. The summed E-state index contributed by atoms with van der Waals surface area (Å²) in [6.07, 6.45) is 3.19. The molecule has 3 N–H and O–H groups in total. The lowest BCUT2D eigenvalue weighted by Gasteiger charge is -2.27. The lowest BCUT2D eigenvalue weighted by Crippen LogP contribution is -2.45. The zero-order valence-electron chi connectivity index (χ0n) is 10.7. The second-order valence-corrected chi connectivity index (χ2v) is 5.42. The van der Waals surface area contributed by atoms with Crippen LogP contribution in [0.1, 0.15) is 33.1 Å². The molecule has 4 nitrogen and oxygen atoms in total. The van der Waals surface area contributed by atoms with Crippen molar-refractivity contribution in [3.63, 3.8) is 0 Å². The van der Waals surface area contributed by atoms with Crippen LogP contribution in [0.2, 0.25) is 0 Å². The van der Waals surface area contributed by atoms with E-state index >= 15 is 0 Å². The van der Waals surface area contributed by atoms with Crippen molar-refractivity contribution in [3.05, 3.63) is 0 Å². The molecule has 1 atom stereocenters. The Balaban J connectivity index is 0.00000144. The van der Waals surface area contributed by atoms with E-state index in [9.17, 15) is 5.11 Å². The van der Waals surface area contributed by atoms with Gasteiger partial charge in [-0.25, -0.2) is 0 Å². The van der Waals surface area contributed by atoms with Crippen LogP contribution in [0.4, 0.5) is 0 Å². The number of aliphatic hydroxyl groups excluding tert-OH is 1. The number of hydrogen-bond donors (Lipinski definition) is 3. The summed E-state index contributed by atoms with van der Waals surface area (Å²) in [5.74, 6) is 1.25. The first kappa shape index (κ1) is 15.0. The van der Waals surface area contributed by atoms with Crippen LogP contribution in [0.15, 0.2) is 4.99 Å². The lowest BCUT2D eigenvalue weighted by molar-refractivity contribution is 0.0524. The maximum atomic E-state index is 10.1. The van der Waals surface area contributed by atoms with Gasteiger partial charge in [-0.1, -0.05) is 13.8 Å². The summed E-state index contributed by atoms with van der Waals surface area (Å²) < 4.78 is 0. The molecule has 100 valence electrons. The van der Waals surface area contributed by atoms with Gasteiger partial charge in [-0.3, -0.25) is 4.99 Å². The van der Waals surface area contributed by atoms with Crippen LogP contribution < -0.4 is 10.6 Å². The van der Waals surface area contributed by atoms with Crippen LogP contribution in [0.3, 0.4) is 0 Å². The average Bonchev–Trinajstić information content (AvgIpc) is 3.08. The van der Waals surface area contributed by atoms with Gasteiger partial charge in [-0.15, -0.1) is 24.0 Å². The molecular formula is C12H24IN3O. The maximum Gasteiger partial charge on any atom is 0.191 e. The van der Waals surface area contributed by atoms with Crippen molar-refractivity contribution >= 4 is 29.9 Å². The van der Waals surface area contributed by atoms with Gasteiger partial charge in [0.2, 0.25) is 0 Å². The normalized spacial score (nSPS) is 23.2. The molecule has 0 aromatic rings. The third-order valence-electron chi connectivity index (χ3n) is 3.66. The molecule has 0 aromatic heterocycles. The van der Waals surface area contributed by atoms with Crippen molar-refractivity contribution in [2.24, 2.45) is 16.3 Å². The molecule has 1 heterocycles. The standard InChI is InChI=1S/C12H23N3O.HI/c1-9(2)10(16)12(4-5-12)8-15-11-13-6-3-7-14-11;/h9-10,16H,3-8H2,1-2H3,(H2,13,14,15);1H. The summed E-state index contributed by atoms with van der Waals surface area (Å²) in [5, 5.41) is 16.7. The van der Waals surface area contributed by atoms with Gasteiger partial charge in [0.25, 0.3) is 0 Å². The van der Waals surface area contributed by atoms with E-state index in [0.29, 0.717) is 5.92 Å². The second kappa shape index (κ2) is 6.22. The molecule has 0 bridgehead atoms. The van der Waals surface area contributed by atoms with Crippen molar-refractivity contribution in [3.8, 4) is 0 Å². The maximum absolute atomic E-state index is 10.1. The lowest BCUT2D eigenvalue weighted by atomic mass is 9.90. The summed E-state index contributed by atoms with van der Waals surface area (Å²) in [4.78, 5) is 4.38. The molecule has 0 amide bonds. The van der Waals surface area contributed by atoms with Crippen LogP contribution in [-0.2, 0) is 0 Å². The molecule has 0 aromatic carbocycles. The number of nitrogens with zero attached hydrogens (tertiary/aromatic N) is 1. The fourth-order valence-electron chi connectivity index (χ4n) is 2.36. The minimum Gasteiger partial charge on any atom is -0.392 e. The van der Waals surface area contributed by atoms with Crippen molar-refractivity contribution in [1.82, 2.24) is 10.6 Å². The van der Waals surface area contributed by atoms with E-state index in [0.717, 1.165) is 44.9 Å². The molecule has 1 unspecified atom stereocenters. The van der Waals surface area contributed by atoms with Crippen LogP contribution in [-0.4, -0.2) is 36.8 Å². The van der Waals surface area contributed by atoms with E-state index in [4.69, 9.17) is 0 Å². The summed E-state index contributed by atoms with van der Waals surface area (Å²) >= 11 is 0. The minimum atomic E-state index is -0.191. The van der Waals surface area contributed by atoms with Gasteiger partial charge in [-0.2, -0.15) is 0 Å². The Morgan fingerprint density at radius 1 is 1.47 bits per heavy atom. The van der Waals surface area contributed by atoms with E-state index in [1.165, 1.54) is 0 Å². The Hall–Kier alpha value is -0.0400. The van der Waals surface area contributed by atoms with Crippen LogP contribution in [0.25, 0.3) is 0 Å². The number of guanidine groups is 1. The molecule has 1 aliphatic carbocycles. The molecule has 2 rings (SSSR count). The highest BCUT2D eigenvalue weighted by Crippen LogP contribution is 2.50. The third-order valence-corrected chi connectivity index (χ3v) is 3.66. The molecule has 0 spiro atoms. The molecule has 1 saturated carbocycles. The Morgan fingerprint density at radius 3 is 2.65 bits per heavy atom. The summed E-state index contributed by atoms with van der Waals surface area (Å²) in [6.45, 7) is 6.93. The van der Waals surface area contributed by atoms with Gasteiger partial charge in [0.15, 0.2) is 5.96 Å². The number of hydrogen-bond acceptors (Lipinski definition) is 4. The Bertz CT molecular complexity index is 277. The van der Waals surface area contributed by atoms with E-state index in [1.54, 1.807) is 0 Å². The molecule has 5 heteroatoms. The highest BCUT2D eigenvalue weighted by Gasteiger charge is 2.49. The predicted octanol–water partition coefficient (Wildman–Crippen LogP) is 1.34. The zero-order chi connectivity index (χ0) is 11.6. The van der Waals surface area contributed by atoms with Gasteiger partial charge in [0.1, 0.15) is 0 Å². The molecule has 0 saturated heterocycles. The number of halogens is 1. The van der Waals surface area contributed by atoms with E-state index in [1.807, 2.05) is 0 Å². The van der Waals surface area contributed by atoms with Crippen LogP contribution in [0.5, 0.6) is 0 Å². The smallest absolute Gasteiger partial charge is 0.191 e. The van der Waals surface area contributed by atoms with Crippen molar-refractivity contribution in [2.45, 2.75) is 39.2 Å². The van der Waals surface area contributed by atoms with E-state index < -0.39 is 0 Å². The molecule has 2 aliphatic rings. The number of aliphatic hydroxyl groups is 1. The molecular weight excluding hydrogens is 329 g/mol. The fourth-order valence-corrected chi connectivity index (χ4v) is 2.36. The van der Waals surface area contributed by atoms with Gasteiger partial charge in [0.05, 0.1) is 6.10 Å². The van der Waals surface area contributed by atoms with Crippen molar-refractivity contribution < 1.29 is 5.11 Å². The van der Waals surface area contributed by atoms with E-state index in [2.05, 4.69) is 29.5 Å². The first-order valence-corrected chi connectivity index (χ1v) is 6.34. The number of nitrogens with one attached hydrogen (secondary N) is 2. The average molecular weight is 353 g/mol. The SMILES string of the molecule is CC(C)C(O)C1(CNC2=NCCCN2)CC1.I. The molecule has 1 fully saturated rings. The Labute approximate surface area is 121 Å². The molecule has 17 heavy (non-hydrogen) atoms. The highest BCUT2D eigenvalue weighted by atomic mass is 127. The number of rotatable bonds is 4. The van der Waals surface area contributed by atoms with Gasteiger partial charge in [0, 0.05) is 25.0 Å². The monoisotopic (exact) mass is 353 g/mol. The highest BCUT2D eigenvalue weighted by molar-refractivity contribution is 14.0. The quantitative estimate of drug-likeness (QED) is 0.669. The first-order chi connectivity index (χ1) is 7.64. The van der Waals surface area contributed by atoms with Gasteiger partial charge in [-0.05, 0) is 25.2 Å². The van der Waals surface area contributed by atoms with E-state index in [-0.39, 0.29) is 35.5 Å². The number of aliphatic imine (C=N–C) groups is 1. The van der Waals surface area contributed by atoms with Crippen molar-refractivity contribution in [1.29, 1.82) is 0 Å². The largest absolute Gasteiger partial charge is 0.392 e. The van der Waals surface area contributed by atoms with Gasteiger partial charge < -0.3 is 15.7 Å². The summed E-state index contributed by atoms with van der Waals surface area (Å²) in [7, 11) is 0. The topological polar surface area (TPSA) is 56.6 Å². The van der Waals surface area contributed by atoms with Gasteiger partial charge >= 0.3 is 0 Å². The minimum absolute atomic E-state index is 0.